The van der Waals surface area contributed by atoms with Crippen LogP contribution in [-0.2, 0) is 4.79 Å². The molecule has 4 nitrogen and oxygen atoms in total. The molecule has 0 aliphatic carbocycles. The van der Waals surface area contributed by atoms with Crippen LogP contribution in [0.5, 0.6) is 5.75 Å². The van der Waals surface area contributed by atoms with Crippen LogP contribution >= 0.6 is 0 Å². The molecule has 110 valence electrons. The predicted octanol–water partition coefficient (Wildman–Crippen LogP) is 2.95. The molecule has 1 aliphatic heterocycles. The maximum atomic E-state index is 11.6. The first kappa shape index (κ1) is 14.9. The van der Waals surface area contributed by atoms with Crippen LogP contribution in [0.2, 0.25) is 0 Å². The van der Waals surface area contributed by atoms with E-state index in [9.17, 15) is 15.0 Å². The Labute approximate surface area is 119 Å². The fourth-order valence-electron chi connectivity index (χ4n) is 3.04. The molecule has 1 aliphatic rings. The van der Waals surface area contributed by atoms with E-state index in [2.05, 4.69) is 0 Å². The van der Waals surface area contributed by atoms with Crippen molar-refractivity contribution < 1.29 is 19.7 Å². The SMILES string of the molecule is CCCC(O)(C(=O)O)C1CC(C)(C)Oc2ccccc21. The van der Waals surface area contributed by atoms with Crippen molar-refractivity contribution in [2.45, 2.75) is 57.2 Å². The van der Waals surface area contributed by atoms with E-state index < -0.39 is 23.1 Å². The van der Waals surface area contributed by atoms with Gasteiger partial charge in [-0.05, 0) is 32.8 Å². The van der Waals surface area contributed by atoms with Gasteiger partial charge in [0.25, 0.3) is 0 Å². The number of fused-ring (bicyclic) bond motifs is 1. The Morgan fingerprint density at radius 2 is 2.10 bits per heavy atom. The van der Waals surface area contributed by atoms with Crippen molar-refractivity contribution in [3.63, 3.8) is 0 Å². The molecule has 0 fully saturated rings. The van der Waals surface area contributed by atoms with Crippen molar-refractivity contribution in [3.05, 3.63) is 29.8 Å². The van der Waals surface area contributed by atoms with Gasteiger partial charge in [0.05, 0.1) is 0 Å². The molecule has 1 aromatic rings. The summed E-state index contributed by atoms with van der Waals surface area (Å²) in [4.78, 5) is 11.6. The van der Waals surface area contributed by atoms with Crippen LogP contribution in [0.25, 0.3) is 0 Å². The highest BCUT2D eigenvalue weighted by molar-refractivity contribution is 5.79. The summed E-state index contributed by atoms with van der Waals surface area (Å²) in [5, 5.41) is 20.3. The molecular weight excluding hydrogens is 256 g/mol. The lowest BCUT2D eigenvalue weighted by atomic mass is 9.72. The van der Waals surface area contributed by atoms with Crippen LogP contribution in [0.3, 0.4) is 0 Å². The maximum absolute atomic E-state index is 11.6. The van der Waals surface area contributed by atoms with Gasteiger partial charge in [-0.2, -0.15) is 0 Å². The van der Waals surface area contributed by atoms with E-state index in [0.29, 0.717) is 18.6 Å². The quantitative estimate of drug-likeness (QED) is 0.888. The highest BCUT2D eigenvalue weighted by Crippen LogP contribution is 2.47. The lowest BCUT2D eigenvalue weighted by Gasteiger charge is -2.43. The van der Waals surface area contributed by atoms with Gasteiger partial charge in [-0.15, -0.1) is 0 Å². The zero-order valence-electron chi connectivity index (χ0n) is 12.2. The van der Waals surface area contributed by atoms with Crippen molar-refractivity contribution in [3.8, 4) is 5.75 Å². The summed E-state index contributed by atoms with van der Waals surface area (Å²) in [7, 11) is 0. The summed E-state index contributed by atoms with van der Waals surface area (Å²) in [6.07, 6.45) is 1.33. The standard InChI is InChI=1S/C16H22O4/c1-4-9-16(19,14(17)18)12-10-15(2,3)20-13-8-6-5-7-11(12)13/h5-8,12,19H,4,9-10H2,1-3H3,(H,17,18). The first-order valence-electron chi connectivity index (χ1n) is 7.04. The van der Waals surface area contributed by atoms with E-state index in [0.717, 1.165) is 5.56 Å². The van der Waals surface area contributed by atoms with Gasteiger partial charge in [0.15, 0.2) is 5.60 Å². The Balaban J connectivity index is 2.52. The molecule has 0 aromatic heterocycles. The van der Waals surface area contributed by atoms with Crippen LogP contribution in [0.1, 0.15) is 51.5 Å². The van der Waals surface area contributed by atoms with Crippen LogP contribution in [0.15, 0.2) is 24.3 Å². The smallest absolute Gasteiger partial charge is 0.336 e. The number of ether oxygens (including phenoxy) is 1. The van der Waals surface area contributed by atoms with Gasteiger partial charge >= 0.3 is 5.97 Å². The molecule has 0 saturated heterocycles. The third-order valence-electron chi connectivity index (χ3n) is 3.95. The minimum atomic E-state index is -1.74. The molecule has 2 unspecified atom stereocenters. The minimum absolute atomic E-state index is 0.234. The Kier molecular flexibility index (Phi) is 3.78. The van der Waals surface area contributed by atoms with Gasteiger partial charge in [-0.1, -0.05) is 31.5 Å². The minimum Gasteiger partial charge on any atom is -0.488 e. The molecule has 0 bridgehead atoms. The van der Waals surface area contributed by atoms with Gasteiger partial charge < -0.3 is 14.9 Å². The van der Waals surface area contributed by atoms with Gasteiger partial charge in [0.2, 0.25) is 0 Å². The number of hydrogen-bond donors (Lipinski definition) is 2. The number of para-hydroxylation sites is 1. The van der Waals surface area contributed by atoms with E-state index in [1.165, 1.54) is 0 Å². The number of carboxylic acids is 1. The molecule has 0 amide bonds. The molecule has 20 heavy (non-hydrogen) atoms. The van der Waals surface area contributed by atoms with E-state index in [4.69, 9.17) is 4.74 Å². The fourth-order valence-corrected chi connectivity index (χ4v) is 3.04. The average Bonchev–Trinajstić information content (AvgIpc) is 2.36. The molecule has 4 heteroatoms. The summed E-state index contributed by atoms with van der Waals surface area (Å²) in [6.45, 7) is 5.72. The van der Waals surface area contributed by atoms with Crippen LogP contribution in [0, 0.1) is 0 Å². The van der Waals surface area contributed by atoms with Crippen LogP contribution in [-0.4, -0.2) is 27.4 Å². The summed E-state index contributed by atoms with van der Waals surface area (Å²) in [6, 6.07) is 7.38. The number of carboxylic acid groups (broad SMARTS) is 1. The first-order valence-corrected chi connectivity index (χ1v) is 7.04. The summed E-state index contributed by atoms with van der Waals surface area (Å²) in [5.74, 6) is -0.943. The monoisotopic (exact) mass is 278 g/mol. The molecule has 1 heterocycles. The van der Waals surface area contributed by atoms with Gasteiger partial charge in [0.1, 0.15) is 11.4 Å². The predicted molar refractivity (Wildman–Crippen MR) is 76.0 cm³/mol. The normalized spacial score (nSPS) is 23.3. The molecule has 2 atom stereocenters. The average molecular weight is 278 g/mol. The van der Waals surface area contributed by atoms with E-state index in [1.54, 1.807) is 0 Å². The largest absolute Gasteiger partial charge is 0.488 e. The van der Waals surface area contributed by atoms with Gasteiger partial charge in [-0.25, -0.2) is 4.79 Å². The fraction of sp³-hybridized carbons (Fsp3) is 0.562. The number of hydrogen-bond acceptors (Lipinski definition) is 3. The van der Waals surface area contributed by atoms with Crippen LogP contribution < -0.4 is 4.74 Å². The third kappa shape index (κ3) is 2.52. The number of rotatable bonds is 4. The van der Waals surface area contributed by atoms with Crippen molar-refractivity contribution in [1.82, 2.24) is 0 Å². The molecule has 2 N–H and O–H groups in total. The van der Waals surface area contributed by atoms with E-state index in [1.807, 2.05) is 45.0 Å². The second-order valence-electron chi connectivity index (χ2n) is 6.14. The Morgan fingerprint density at radius 1 is 1.45 bits per heavy atom. The zero-order valence-corrected chi connectivity index (χ0v) is 12.2. The second-order valence-corrected chi connectivity index (χ2v) is 6.14. The molecule has 1 aromatic carbocycles. The molecule has 2 rings (SSSR count). The summed E-state index contributed by atoms with van der Waals surface area (Å²) in [5.41, 5.74) is -1.45. The first-order chi connectivity index (χ1) is 9.30. The zero-order chi connectivity index (χ0) is 15.0. The molecular formula is C16H22O4. The number of aliphatic hydroxyl groups is 1. The number of carbonyl (C=O) groups is 1. The summed E-state index contributed by atoms with van der Waals surface area (Å²) < 4.78 is 5.90. The topological polar surface area (TPSA) is 66.8 Å². The third-order valence-corrected chi connectivity index (χ3v) is 3.95. The maximum Gasteiger partial charge on any atom is 0.336 e. The molecule has 0 radical (unpaired) electrons. The van der Waals surface area contributed by atoms with Crippen molar-refractivity contribution in [1.29, 1.82) is 0 Å². The lowest BCUT2D eigenvalue weighted by molar-refractivity contribution is -0.164. The number of benzene rings is 1. The van der Waals surface area contributed by atoms with E-state index in [-0.39, 0.29) is 6.42 Å². The summed E-state index contributed by atoms with van der Waals surface area (Å²) >= 11 is 0. The second kappa shape index (κ2) is 5.09. The molecule has 0 spiro atoms. The van der Waals surface area contributed by atoms with Crippen molar-refractivity contribution in [2.24, 2.45) is 0 Å². The van der Waals surface area contributed by atoms with Crippen LogP contribution in [0.4, 0.5) is 0 Å². The molecule has 0 saturated carbocycles. The van der Waals surface area contributed by atoms with Gasteiger partial charge in [-0.3, -0.25) is 0 Å². The highest BCUT2D eigenvalue weighted by Gasteiger charge is 2.49. The lowest BCUT2D eigenvalue weighted by Crippen LogP contribution is -2.49. The Hall–Kier alpha value is -1.55. The Bertz CT molecular complexity index is 509. The van der Waals surface area contributed by atoms with E-state index >= 15 is 0 Å². The van der Waals surface area contributed by atoms with Crippen molar-refractivity contribution in [2.75, 3.05) is 0 Å². The Morgan fingerprint density at radius 3 is 2.70 bits per heavy atom. The number of aliphatic carboxylic acids is 1. The van der Waals surface area contributed by atoms with Gasteiger partial charge in [0, 0.05) is 11.5 Å². The highest BCUT2D eigenvalue weighted by atomic mass is 16.5. The van der Waals surface area contributed by atoms with Crippen molar-refractivity contribution >= 4 is 5.97 Å².